The van der Waals surface area contributed by atoms with Crippen molar-refractivity contribution >= 4 is 23.2 Å². The molecule has 0 bridgehead atoms. The number of aliphatic hydroxyl groups excluding tert-OH is 2. The highest BCUT2D eigenvalue weighted by atomic mass is 35.5. The van der Waals surface area contributed by atoms with E-state index in [9.17, 15) is 9.90 Å². The molecule has 0 radical (unpaired) electrons. The van der Waals surface area contributed by atoms with Gasteiger partial charge >= 0.3 is 0 Å². The molecule has 0 saturated carbocycles. The van der Waals surface area contributed by atoms with Crippen molar-refractivity contribution in [3.63, 3.8) is 0 Å². The number of anilines is 1. The second-order valence-electron chi connectivity index (χ2n) is 6.89. The first kappa shape index (κ1) is 20.0. The standard InChI is InChI=1S/C18H26ClN3O5/c19-15-13(20)8-12(16-17(15)27-7-6-26-16)18(25)21-9-11-2-4-22(3-1-5-23)10-14(11)24/h8,11,14,23-24H,1-7,9-10,20H2,(H,21,25)/t11-,14?/m0/s1. The third kappa shape index (κ3) is 4.57. The lowest BCUT2D eigenvalue weighted by Crippen LogP contribution is -2.48. The number of hydrogen-bond donors (Lipinski definition) is 4. The molecule has 1 saturated heterocycles. The Morgan fingerprint density at radius 1 is 1.37 bits per heavy atom. The lowest BCUT2D eigenvalue weighted by molar-refractivity contribution is 0.0201. The number of carbonyl (C=O) groups excluding carboxylic acids is 1. The van der Waals surface area contributed by atoms with Gasteiger partial charge in [0.2, 0.25) is 0 Å². The van der Waals surface area contributed by atoms with Crippen molar-refractivity contribution in [2.75, 3.05) is 51.7 Å². The monoisotopic (exact) mass is 399 g/mol. The summed E-state index contributed by atoms with van der Waals surface area (Å²) in [5, 5.41) is 22.4. The zero-order chi connectivity index (χ0) is 19.4. The number of nitrogens with two attached hydrogens (primary N) is 1. The van der Waals surface area contributed by atoms with Crippen molar-refractivity contribution in [1.29, 1.82) is 0 Å². The first-order valence-electron chi connectivity index (χ1n) is 9.18. The lowest BCUT2D eigenvalue weighted by atomic mass is 9.93. The Morgan fingerprint density at radius 3 is 2.81 bits per heavy atom. The van der Waals surface area contributed by atoms with Crippen LogP contribution in [0.4, 0.5) is 5.69 Å². The summed E-state index contributed by atoms with van der Waals surface area (Å²) in [6, 6.07) is 1.49. The number of fused-ring (bicyclic) bond motifs is 1. The molecule has 0 aromatic heterocycles. The van der Waals surface area contributed by atoms with Crippen LogP contribution in [0.5, 0.6) is 11.5 Å². The number of nitrogens with one attached hydrogen (secondary N) is 1. The van der Waals surface area contributed by atoms with E-state index < -0.39 is 6.10 Å². The molecule has 0 aliphatic carbocycles. The Kier molecular flexibility index (Phi) is 6.64. The Bertz CT molecular complexity index is 687. The summed E-state index contributed by atoms with van der Waals surface area (Å²) in [6.45, 7) is 3.31. The zero-order valence-electron chi connectivity index (χ0n) is 15.1. The number of amides is 1. The highest BCUT2D eigenvalue weighted by Gasteiger charge is 2.29. The summed E-state index contributed by atoms with van der Waals surface area (Å²) in [7, 11) is 0. The summed E-state index contributed by atoms with van der Waals surface area (Å²) < 4.78 is 11.1. The highest BCUT2D eigenvalue weighted by Crippen LogP contribution is 2.43. The smallest absolute Gasteiger partial charge is 0.255 e. The molecule has 2 heterocycles. The third-order valence-electron chi connectivity index (χ3n) is 4.99. The van der Waals surface area contributed by atoms with Gasteiger partial charge in [-0.05, 0) is 25.5 Å². The quantitative estimate of drug-likeness (QED) is 0.514. The molecule has 27 heavy (non-hydrogen) atoms. The number of nitrogens with zero attached hydrogens (tertiary/aromatic N) is 1. The normalized spacial score (nSPS) is 22.5. The Morgan fingerprint density at radius 2 is 2.11 bits per heavy atom. The SMILES string of the molecule is Nc1cc(C(=O)NC[C@@H]2CCN(CCCO)CC2O)c2c(c1Cl)OCCO2. The molecule has 3 rings (SSSR count). The molecule has 1 aromatic carbocycles. The molecule has 0 spiro atoms. The van der Waals surface area contributed by atoms with Crippen molar-refractivity contribution in [3.05, 3.63) is 16.7 Å². The number of likely N-dealkylation sites (tertiary alicyclic amines) is 1. The van der Waals surface area contributed by atoms with Crippen LogP contribution in [0.25, 0.3) is 0 Å². The fourth-order valence-electron chi connectivity index (χ4n) is 3.47. The topological polar surface area (TPSA) is 117 Å². The van der Waals surface area contributed by atoms with E-state index in [0.717, 1.165) is 19.5 Å². The summed E-state index contributed by atoms with van der Waals surface area (Å²) >= 11 is 6.14. The van der Waals surface area contributed by atoms with Crippen LogP contribution in [0, 0.1) is 5.92 Å². The minimum absolute atomic E-state index is 0.0306. The van der Waals surface area contributed by atoms with Gasteiger partial charge in [-0.25, -0.2) is 0 Å². The van der Waals surface area contributed by atoms with E-state index in [-0.39, 0.29) is 34.7 Å². The summed E-state index contributed by atoms with van der Waals surface area (Å²) in [5.41, 5.74) is 6.42. The van der Waals surface area contributed by atoms with Gasteiger partial charge in [-0.15, -0.1) is 0 Å². The number of aliphatic hydroxyl groups is 2. The van der Waals surface area contributed by atoms with Crippen molar-refractivity contribution in [2.24, 2.45) is 5.92 Å². The van der Waals surface area contributed by atoms with Crippen LogP contribution in [0.2, 0.25) is 5.02 Å². The summed E-state index contributed by atoms with van der Waals surface area (Å²) in [6.07, 6.45) is 0.939. The van der Waals surface area contributed by atoms with Gasteiger partial charge in [-0.3, -0.25) is 4.79 Å². The van der Waals surface area contributed by atoms with Gasteiger partial charge in [0.1, 0.15) is 18.2 Å². The van der Waals surface area contributed by atoms with Gasteiger partial charge in [0.15, 0.2) is 11.5 Å². The van der Waals surface area contributed by atoms with E-state index in [0.29, 0.717) is 44.2 Å². The Labute approximate surface area is 163 Å². The zero-order valence-corrected chi connectivity index (χ0v) is 15.9. The van der Waals surface area contributed by atoms with Gasteiger partial charge in [0.05, 0.1) is 17.4 Å². The number of hydrogen-bond acceptors (Lipinski definition) is 7. The number of piperidine rings is 1. The predicted molar refractivity (Wildman–Crippen MR) is 101 cm³/mol. The van der Waals surface area contributed by atoms with Crippen LogP contribution < -0.4 is 20.5 Å². The second kappa shape index (κ2) is 8.97. The van der Waals surface area contributed by atoms with Gasteiger partial charge in [0.25, 0.3) is 5.91 Å². The van der Waals surface area contributed by atoms with Crippen LogP contribution in [-0.4, -0.2) is 73.1 Å². The molecule has 9 heteroatoms. The third-order valence-corrected chi connectivity index (χ3v) is 5.38. The Hall–Kier alpha value is -1.74. The molecule has 150 valence electrons. The number of nitrogen functional groups attached to an aromatic ring is 1. The van der Waals surface area contributed by atoms with E-state index in [1.807, 2.05) is 0 Å². The van der Waals surface area contributed by atoms with Crippen LogP contribution in [0.3, 0.4) is 0 Å². The minimum atomic E-state index is -0.526. The molecule has 1 amide bonds. The minimum Gasteiger partial charge on any atom is -0.485 e. The van der Waals surface area contributed by atoms with Crippen LogP contribution in [-0.2, 0) is 0 Å². The van der Waals surface area contributed by atoms with Crippen LogP contribution in [0.1, 0.15) is 23.2 Å². The summed E-state index contributed by atoms with van der Waals surface area (Å²) in [4.78, 5) is 14.8. The first-order valence-corrected chi connectivity index (χ1v) is 9.56. The van der Waals surface area contributed by atoms with E-state index in [1.54, 1.807) is 0 Å². The van der Waals surface area contributed by atoms with Crippen molar-refractivity contribution in [2.45, 2.75) is 18.9 Å². The maximum absolute atomic E-state index is 12.7. The molecule has 1 fully saturated rings. The number of rotatable bonds is 6. The van der Waals surface area contributed by atoms with Crippen molar-refractivity contribution < 1.29 is 24.5 Å². The highest BCUT2D eigenvalue weighted by molar-refractivity contribution is 6.35. The molecular formula is C18H26ClN3O5. The van der Waals surface area contributed by atoms with Gasteiger partial charge in [0, 0.05) is 32.2 Å². The maximum atomic E-state index is 12.7. The number of halogens is 1. The molecule has 1 aromatic rings. The average molecular weight is 400 g/mol. The fraction of sp³-hybridized carbons (Fsp3) is 0.611. The maximum Gasteiger partial charge on any atom is 0.255 e. The van der Waals surface area contributed by atoms with Gasteiger partial charge < -0.3 is 35.6 Å². The molecule has 1 unspecified atom stereocenters. The van der Waals surface area contributed by atoms with E-state index in [2.05, 4.69) is 10.2 Å². The first-order chi connectivity index (χ1) is 13.0. The molecular weight excluding hydrogens is 374 g/mol. The molecule has 2 aliphatic rings. The average Bonchev–Trinajstić information content (AvgIpc) is 2.68. The largest absolute Gasteiger partial charge is 0.485 e. The van der Waals surface area contributed by atoms with Crippen molar-refractivity contribution in [1.82, 2.24) is 10.2 Å². The van der Waals surface area contributed by atoms with Gasteiger partial charge in [-0.1, -0.05) is 11.6 Å². The second-order valence-corrected chi connectivity index (χ2v) is 7.26. The van der Waals surface area contributed by atoms with Crippen molar-refractivity contribution in [3.8, 4) is 11.5 Å². The fourth-order valence-corrected chi connectivity index (χ4v) is 3.66. The van der Waals surface area contributed by atoms with E-state index in [1.165, 1.54) is 6.07 Å². The molecule has 2 aliphatic heterocycles. The van der Waals surface area contributed by atoms with E-state index in [4.69, 9.17) is 31.9 Å². The predicted octanol–water partition coefficient (Wildman–Crippen LogP) is 0.488. The molecule has 8 nitrogen and oxygen atoms in total. The number of benzene rings is 1. The molecule has 2 atom stereocenters. The molecule has 5 N–H and O–H groups in total. The van der Waals surface area contributed by atoms with Crippen LogP contribution >= 0.6 is 11.6 Å². The van der Waals surface area contributed by atoms with E-state index >= 15 is 0 Å². The van der Waals surface area contributed by atoms with Crippen LogP contribution in [0.15, 0.2) is 6.07 Å². The lowest BCUT2D eigenvalue weighted by Gasteiger charge is -2.36. The van der Waals surface area contributed by atoms with Gasteiger partial charge in [-0.2, -0.15) is 0 Å². The Balaban J connectivity index is 1.61. The number of carbonyl (C=O) groups is 1. The number of ether oxygens (including phenoxy) is 2. The summed E-state index contributed by atoms with van der Waals surface area (Å²) in [5.74, 6) is 0.231. The number of β-amino-alcohol motifs (C(OH)–C–C–N with tert-alkyl or cyclic N) is 1.